The number of halogens is 1. The number of ether oxygens (including phenoxy) is 3. The largest absolute Gasteiger partial charge is 0.493 e. The van der Waals surface area contributed by atoms with Crippen molar-refractivity contribution in [3.8, 4) is 11.5 Å². The maximum Gasteiger partial charge on any atom is 0.310 e. The molecule has 0 aliphatic rings. The van der Waals surface area contributed by atoms with Gasteiger partial charge in [0.05, 0.1) is 20.6 Å². The van der Waals surface area contributed by atoms with Crippen molar-refractivity contribution in [3.63, 3.8) is 0 Å². The predicted molar refractivity (Wildman–Crippen MR) is 98.6 cm³/mol. The summed E-state index contributed by atoms with van der Waals surface area (Å²) < 4.78 is 28.5. The molecule has 0 bridgehead atoms. The Morgan fingerprint density at radius 3 is 2.26 bits per heavy atom. The number of methoxy groups -OCH3 is 2. The van der Waals surface area contributed by atoms with Crippen molar-refractivity contribution < 1.29 is 28.2 Å². The number of benzene rings is 2. The number of carbonyl (C=O) groups is 2. The van der Waals surface area contributed by atoms with Crippen LogP contribution in [0.25, 0.3) is 0 Å². The average molecular weight is 375 g/mol. The van der Waals surface area contributed by atoms with Crippen LogP contribution < -0.4 is 14.4 Å². The Bertz CT molecular complexity index is 791. The van der Waals surface area contributed by atoms with E-state index in [0.29, 0.717) is 29.3 Å². The van der Waals surface area contributed by atoms with Gasteiger partial charge in [0, 0.05) is 12.2 Å². The van der Waals surface area contributed by atoms with Gasteiger partial charge in [-0.15, -0.1) is 0 Å². The minimum atomic E-state index is -0.536. The minimum Gasteiger partial charge on any atom is -0.493 e. The summed E-state index contributed by atoms with van der Waals surface area (Å²) in [5.41, 5.74) is 1.22. The second-order valence-electron chi connectivity index (χ2n) is 5.64. The van der Waals surface area contributed by atoms with Gasteiger partial charge in [-0.3, -0.25) is 9.59 Å². The van der Waals surface area contributed by atoms with E-state index in [4.69, 9.17) is 14.2 Å². The zero-order valence-corrected chi connectivity index (χ0v) is 15.5. The van der Waals surface area contributed by atoms with Crippen molar-refractivity contribution in [2.45, 2.75) is 13.3 Å². The molecule has 0 aliphatic carbocycles. The fourth-order valence-corrected chi connectivity index (χ4v) is 2.55. The van der Waals surface area contributed by atoms with E-state index in [0.717, 1.165) is 0 Å². The van der Waals surface area contributed by atoms with E-state index in [1.807, 2.05) is 0 Å². The number of hydrogen-bond acceptors (Lipinski definition) is 5. The van der Waals surface area contributed by atoms with Crippen molar-refractivity contribution in [2.24, 2.45) is 0 Å². The molecule has 2 aromatic rings. The van der Waals surface area contributed by atoms with Gasteiger partial charge in [0.15, 0.2) is 18.1 Å². The van der Waals surface area contributed by atoms with Crippen LogP contribution >= 0.6 is 0 Å². The summed E-state index contributed by atoms with van der Waals surface area (Å²) in [6, 6.07) is 10.6. The molecular weight excluding hydrogens is 353 g/mol. The van der Waals surface area contributed by atoms with E-state index in [-0.39, 0.29) is 18.1 Å². The molecule has 2 rings (SSSR count). The first-order valence-electron chi connectivity index (χ1n) is 8.41. The molecule has 0 aliphatic heterocycles. The summed E-state index contributed by atoms with van der Waals surface area (Å²) in [5, 5.41) is 0. The van der Waals surface area contributed by atoms with Crippen LogP contribution in [0.2, 0.25) is 0 Å². The third-order valence-electron chi connectivity index (χ3n) is 3.91. The lowest BCUT2D eigenvalue weighted by molar-refractivity contribution is -0.147. The highest BCUT2D eigenvalue weighted by Crippen LogP contribution is 2.27. The second kappa shape index (κ2) is 9.56. The van der Waals surface area contributed by atoms with Gasteiger partial charge in [0.1, 0.15) is 5.82 Å². The molecule has 0 saturated heterocycles. The van der Waals surface area contributed by atoms with Crippen molar-refractivity contribution in [1.29, 1.82) is 0 Å². The summed E-state index contributed by atoms with van der Waals surface area (Å²) >= 11 is 0. The van der Waals surface area contributed by atoms with Gasteiger partial charge in [-0.1, -0.05) is 6.07 Å². The Hall–Kier alpha value is -3.09. The van der Waals surface area contributed by atoms with Crippen LogP contribution in [-0.2, 0) is 20.7 Å². The molecule has 2 aromatic carbocycles. The highest BCUT2D eigenvalue weighted by Gasteiger charge is 2.17. The van der Waals surface area contributed by atoms with Gasteiger partial charge < -0.3 is 19.1 Å². The SMILES string of the molecule is CCN(C(=O)COC(=O)Cc1ccc(OC)c(OC)c1)c1ccc(F)cc1. The number of carbonyl (C=O) groups excluding carboxylic acids is 2. The molecule has 0 radical (unpaired) electrons. The Kier molecular flexibility index (Phi) is 7.16. The highest BCUT2D eigenvalue weighted by molar-refractivity contribution is 5.95. The molecule has 0 unspecified atom stereocenters. The van der Waals surface area contributed by atoms with Crippen molar-refractivity contribution in [3.05, 3.63) is 53.8 Å². The van der Waals surface area contributed by atoms with Crippen LogP contribution in [0.15, 0.2) is 42.5 Å². The summed E-state index contributed by atoms with van der Waals surface area (Å²) in [6.45, 7) is 1.77. The number of rotatable bonds is 8. The van der Waals surface area contributed by atoms with Gasteiger partial charge in [-0.25, -0.2) is 4.39 Å². The zero-order valence-electron chi connectivity index (χ0n) is 15.5. The molecule has 0 fully saturated rings. The second-order valence-corrected chi connectivity index (χ2v) is 5.64. The van der Waals surface area contributed by atoms with Crippen LogP contribution in [0.3, 0.4) is 0 Å². The fourth-order valence-electron chi connectivity index (χ4n) is 2.55. The van der Waals surface area contributed by atoms with Crippen LogP contribution in [-0.4, -0.2) is 39.2 Å². The van der Waals surface area contributed by atoms with E-state index >= 15 is 0 Å². The van der Waals surface area contributed by atoms with Crippen LogP contribution in [0.4, 0.5) is 10.1 Å². The Morgan fingerprint density at radius 1 is 1.00 bits per heavy atom. The Balaban J connectivity index is 1.94. The Labute approximate surface area is 157 Å². The quantitative estimate of drug-likeness (QED) is 0.664. The molecule has 0 N–H and O–H groups in total. The maximum atomic E-state index is 13.0. The predicted octanol–water partition coefficient (Wildman–Crippen LogP) is 2.98. The van der Waals surface area contributed by atoms with Crippen LogP contribution in [0.5, 0.6) is 11.5 Å². The normalized spacial score (nSPS) is 10.2. The lowest BCUT2D eigenvalue weighted by Gasteiger charge is -2.20. The lowest BCUT2D eigenvalue weighted by atomic mass is 10.1. The molecule has 6 nitrogen and oxygen atoms in total. The zero-order chi connectivity index (χ0) is 19.8. The van der Waals surface area contributed by atoms with Crippen molar-refractivity contribution in [1.82, 2.24) is 0 Å². The molecule has 7 heteroatoms. The van der Waals surface area contributed by atoms with Crippen LogP contribution in [0, 0.1) is 5.82 Å². The summed E-state index contributed by atoms with van der Waals surface area (Å²) in [6.07, 6.45) is -0.00366. The van der Waals surface area contributed by atoms with Gasteiger partial charge >= 0.3 is 5.97 Å². The van der Waals surface area contributed by atoms with Gasteiger partial charge in [-0.2, -0.15) is 0 Å². The number of amides is 1. The summed E-state index contributed by atoms with van der Waals surface area (Å²) in [5.74, 6) is -0.242. The molecule has 1 amide bonds. The maximum absolute atomic E-state index is 13.0. The van der Waals surface area contributed by atoms with Crippen LogP contribution in [0.1, 0.15) is 12.5 Å². The van der Waals surface area contributed by atoms with E-state index < -0.39 is 12.6 Å². The number of likely N-dealkylation sites (N-methyl/N-ethyl adjacent to an activating group) is 1. The molecule has 27 heavy (non-hydrogen) atoms. The number of nitrogens with zero attached hydrogens (tertiary/aromatic N) is 1. The van der Waals surface area contributed by atoms with Crippen molar-refractivity contribution in [2.75, 3.05) is 32.3 Å². The first kappa shape index (κ1) is 20.2. The molecular formula is C20H22FNO5. The monoisotopic (exact) mass is 375 g/mol. The molecule has 0 heterocycles. The first-order chi connectivity index (χ1) is 13.0. The summed E-state index contributed by atoms with van der Waals surface area (Å²) in [7, 11) is 3.03. The van der Waals surface area contributed by atoms with E-state index in [1.165, 1.54) is 43.4 Å². The molecule has 0 aromatic heterocycles. The third-order valence-corrected chi connectivity index (χ3v) is 3.91. The molecule has 0 atom stereocenters. The van der Waals surface area contributed by atoms with Gasteiger partial charge in [0.2, 0.25) is 0 Å². The smallest absolute Gasteiger partial charge is 0.310 e. The van der Waals surface area contributed by atoms with E-state index in [2.05, 4.69) is 0 Å². The third kappa shape index (κ3) is 5.44. The topological polar surface area (TPSA) is 65.1 Å². The lowest BCUT2D eigenvalue weighted by Crippen LogP contribution is -2.34. The summed E-state index contributed by atoms with van der Waals surface area (Å²) in [4.78, 5) is 25.8. The number of esters is 1. The van der Waals surface area contributed by atoms with Gasteiger partial charge in [0.25, 0.3) is 5.91 Å². The average Bonchev–Trinajstić information content (AvgIpc) is 2.68. The number of anilines is 1. The number of hydrogen-bond donors (Lipinski definition) is 0. The van der Waals surface area contributed by atoms with Crippen molar-refractivity contribution >= 4 is 17.6 Å². The van der Waals surface area contributed by atoms with Gasteiger partial charge in [-0.05, 0) is 48.9 Å². The minimum absolute atomic E-state index is 0.00366. The molecule has 0 spiro atoms. The van der Waals surface area contributed by atoms with E-state index in [9.17, 15) is 14.0 Å². The Morgan fingerprint density at radius 2 is 1.67 bits per heavy atom. The molecule has 144 valence electrons. The highest BCUT2D eigenvalue weighted by atomic mass is 19.1. The molecule has 0 saturated carbocycles. The van der Waals surface area contributed by atoms with E-state index in [1.54, 1.807) is 25.1 Å². The standard InChI is InChI=1S/C20H22FNO5/c1-4-22(16-8-6-15(21)7-9-16)19(23)13-27-20(24)12-14-5-10-17(25-2)18(11-14)26-3/h5-11H,4,12-13H2,1-3H3. The fraction of sp³-hybridized carbons (Fsp3) is 0.300. The first-order valence-corrected chi connectivity index (χ1v) is 8.41.